The first-order chi connectivity index (χ1) is 1.91. The van der Waals surface area contributed by atoms with Crippen LogP contribution in [0.25, 0.3) is 0 Å². The fourth-order valence-electron chi connectivity index (χ4n) is 0. The Balaban J connectivity index is -0.00000000750. The minimum atomic E-state index is -1.15. The van der Waals surface area contributed by atoms with Gasteiger partial charge in [-0.3, -0.25) is 0 Å². The van der Waals surface area contributed by atoms with Crippen molar-refractivity contribution in [1.29, 1.82) is 0 Å². The van der Waals surface area contributed by atoms with Crippen molar-refractivity contribution in [1.82, 2.24) is 0 Å². The molecule has 0 atom stereocenters. The topological polar surface area (TPSA) is 65.6 Å². The van der Waals surface area contributed by atoms with E-state index in [4.69, 9.17) is 9.17 Å². The van der Waals surface area contributed by atoms with Gasteiger partial charge in [-0.1, -0.05) is 0 Å². The van der Waals surface area contributed by atoms with E-state index in [1.165, 1.54) is 0 Å². The maximum absolute atomic E-state index is 9.01. The molecule has 0 saturated heterocycles. The fraction of sp³-hybridized carbons (Fsp3) is 0. The molecule has 0 aliphatic rings. The van der Waals surface area contributed by atoms with E-state index < -0.39 is 9.28 Å². The molecule has 0 fully saturated rings. The van der Waals surface area contributed by atoms with Gasteiger partial charge in [0.1, 0.15) is 0 Å². The second kappa shape index (κ2) is 16.5. The molecule has 0 spiro atoms. The SMILES string of the molecule is O.O=B[SiH]=O.[Ca+2].[H-].[H-]. The van der Waals surface area contributed by atoms with Crippen molar-refractivity contribution in [2.75, 3.05) is 0 Å². The molecule has 3 nitrogen and oxygen atoms in total. The van der Waals surface area contributed by atoms with Crippen LogP contribution in [0.2, 0.25) is 0 Å². The Morgan fingerprint density at radius 1 is 1.67 bits per heavy atom. The minimum absolute atomic E-state index is 0. The van der Waals surface area contributed by atoms with Gasteiger partial charge in [-0.2, -0.15) is 0 Å². The summed E-state index contributed by atoms with van der Waals surface area (Å²) < 4.78 is 17.9. The van der Waals surface area contributed by atoms with Gasteiger partial charge < -0.3 is 8.33 Å². The molecule has 32 valence electrons. The van der Waals surface area contributed by atoms with E-state index in [0.717, 1.165) is 0 Å². The third-order valence-corrected chi connectivity index (χ3v) is 0.167. The summed E-state index contributed by atoms with van der Waals surface area (Å²) in [7, 11) is -1.15. The molecule has 2 N–H and O–H groups in total. The third kappa shape index (κ3) is 19.4. The van der Waals surface area contributed by atoms with Crippen LogP contribution in [0.1, 0.15) is 2.85 Å². The largest absolute Gasteiger partial charge is 2.00 e. The second-order valence-corrected chi connectivity index (χ2v) is 0.816. The molecule has 6 heavy (non-hydrogen) atoms. The van der Waals surface area contributed by atoms with Gasteiger partial charge in [0.2, 0.25) is 0 Å². The average molecular weight is 132 g/mol. The molecule has 0 saturated carbocycles. The van der Waals surface area contributed by atoms with Gasteiger partial charge in [0.25, 0.3) is 0 Å². The van der Waals surface area contributed by atoms with E-state index in [1.807, 2.05) is 0 Å². The first kappa shape index (κ1) is 15.7. The molecule has 6 heteroatoms. The summed E-state index contributed by atoms with van der Waals surface area (Å²) in [5.41, 5.74) is 0. The summed E-state index contributed by atoms with van der Waals surface area (Å²) in [6.07, 6.45) is 0. The van der Waals surface area contributed by atoms with Crippen molar-refractivity contribution in [2.24, 2.45) is 0 Å². The molecule has 0 rings (SSSR count). The van der Waals surface area contributed by atoms with Gasteiger partial charge >= 0.3 is 62.9 Å². The molecule has 0 aliphatic heterocycles. The molecule has 0 amide bonds. The first-order valence-electron chi connectivity index (χ1n) is 0.805. The zero-order valence-electron chi connectivity index (χ0n) is 5.18. The maximum atomic E-state index is 9.01. The summed E-state index contributed by atoms with van der Waals surface area (Å²) >= 11 is 0. The van der Waals surface area contributed by atoms with Crippen LogP contribution >= 0.6 is 0 Å². The van der Waals surface area contributed by atoms with Crippen LogP contribution < -0.4 is 0 Å². The quantitative estimate of drug-likeness (QED) is 0.378. The molecule has 0 aromatic rings. The Hall–Kier alpha value is 1.10. The van der Waals surface area contributed by atoms with E-state index >= 15 is 0 Å². The fourth-order valence-corrected chi connectivity index (χ4v) is 0. The standard InChI is InChI=1S/BHO2Si.Ca.H2O.2H/c2-1-4-3;;;;/h4H;;1H2;;/q;+2;;2*-1. The summed E-state index contributed by atoms with van der Waals surface area (Å²) in [5.74, 6) is 0. The Labute approximate surface area is 70.8 Å². The number of rotatable bonds is 1. The van der Waals surface area contributed by atoms with Crippen molar-refractivity contribution in [3.8, 4) is 0 Å². The van der Waals surface area contributed by atoms with E-state index in [1.54, 1.807) is 0 Å². The van der Waals surface area contributed by atoms with Crippen LogP contribution in [0.4, 0.5) is 0 Å². The zero-order chi connectivity index (χ0) is 3.41. The molecule has 0 unspecified atom stereocenters. The second-order valence-electron chi connectivity index (χ2n) is 0.272. The molecular weight excluding hydrogens is 127 g/mol. The van der Waals surface area contributed by atoms with Crippen LogP contribution in [-0.4, -0.2) is 59.2 Å². The van der Waals surface area contributed by atoms with Crippen molar-refractivity contribution in [2.45, 2.75) is 0 Å². The predicted octanol–water partition coefficient (Wildman–Crippen LogP) is -2.25. The van der Waals surface area contributed by atoms with Crippen LogP contribution in [-0.2, 0) is 9.17 Å². The third-order valence-electron chi connectivity index (χ3n) is 0.0556. The normalized spacial score (nSPS) is 2.67. The van der Waals surface area contributed by atoms with E-state index in [9.17, 15) is 0 Å². The van der Waals surface area contributed by atoms with Crippen molar-refractivity contribution < 1.29 is 17.5 Å². The first-order valence-corrected chi connectivity index (χ1v) is 1.94. The molecule has 0 bridgehead atoms. The monoisotopic (exact) mass is 132 g/mol. The van der Waals surface area contributed by atoms with E-state index in [-0.39, 0.29) is 46.1 Å². The zero-order valence-corrected chi connectivity index (χ0v) is 6.54. The molecule has 0 aromatic carbocycles. The van der Waals surface area contributed by atoms with Gasteiger partial charge in [-0.25, -0.2) is 0 Å². The van der Waals surface area contributed by atoms with Gasteiger partial charge in [0.05, 0.1) is 0 Å². The van der Waals surface area contributed by atoms with E-state index in [0.29, 0.717) is 6.74 Å². The molecular formula is H5BCaO3Si. The van der Waals surface area contributed by atoms with Crippen LogP contribution in [0.15, 0.2) is 0 Å². The smallest absolute Gasteiger partial charge is 1.00 e. The van der Waals surface area contributed by atoms with Crippen LogP contribution in [0.5, 0.6) is 0 Å². The Kier molecular flexibility index (Phi) is 43.2. The maximum Gasteiger partial charge on any atom is 2.00 e. The summed E-state index contributed by atoms with van der Waals surface area (Å²) in [5, 5.41) is 0. The molecule has 0 heterocycles. The number of hydrogen-bond donors (Lipinski definition) is 0. The Morgan fingerprint density at radius 2 is 1.83 bits per heavy atom. The minimum Gasteiger partial charge on any atom is -1.00 e. The molecule has 0 radical (unpaired) electrons. The van der Waals surface area contributed by atoms with E-state index in [2.05, 4.69) is 0 Å². The van der Waals surface area contributed by atoms with Gasteiger partial charge in [0, 0.05) is 0 Å². The summed E-state index contributed by atoms with van der Waals surface area (Å²) in [6, 6.07) is 0. The van der Waals surface area contributed by atoms with Crippen LogP contribution in [0.3, 0.4) is 0 Å². The van der Waals surface area contributed by atoms with Gasteiger partial charge in [-0.15, -0.1) is 0 Å². The van der Waals surface area contributed by atoms with Crippen molar-refractivity contribution >= 4 is 53.8 Å². The average Bonchev–Trinajstić information content (AvgIpc) is 1.37. The predicted molar refractivity (Wildman–Crippen MR) is 25.9 cm³/mol. The summed E-state index contributed by atoms with van der Waals surface area (Å²) in [4.78, 5) is 0. The Bertz CT molecular complexity index is 38.3. The number of hydrogen-bond acceptors (Lipinski definition) is 2. The molecule has 0 aliphatic carbocycles. The Morgan fingerprint density at radius 3 is 1.83 bits per heavy atom. The van der Waals surface area contributed by atoms with Crippen molar-refractivity contribution in [3.05, 3.63) is 0 Å². The van der Waals surface area contributed by atoms with Crippen molar-refractivity contribution in [3.63, 3.8) is 0 Å². The summed E-state index contributed by atoms with van der Waals surface area (Å²) in [6.45, 7) is 0.403. The molecule has 0 aromatic heterocycles. The van der Waals surface area contributed by atoms with Crippen LogP contribution in [0, 0.1) is 0 Å². The van der Waals surface area contributed by atoms with Gasteiger partial charge in [0.15, 0.2) is 0 Å². The van der Waals surface area contributed by atoms with Gasteiger partial charge in [-0.05, 0) is 0 Å².